The van der Waals surface area contributed by atoms with E-state index in [0.717, 1.165) is 47.1 Å². The number of likely N-dealkylation sites (tertiary alicyclic amines) is 1. The number of amides is 1. The summed E-state index contributed by atoms with van der Waals surface area (Å²) in [6, 6.07) is 8.03. The van der Waals surface area contributed by atoms with Crippen molar-refractivity contribution in [3.05, 3.63) is 41.1 Å². The molecule has 0 radical (unpaired) electrons. The van der Waals surface area contributed by atoms with Gasteiger partial charge in [-0.3, -0.25) is 9.78 Å². The van der Waals surface area contributed by atoms with Crippen LogP contribution in [0.2, 0.25) is 0 Å². The highest BCUT2D eigenvalue weighted by Gasteiger charge is 2.28. The number of hydrogen-bond acceptors (Lipinski definition) is 3. The van der Waals surface area contributed by atoms with Crippen molar-refractivity contribution in [2.45, 2.75) is 39.2 Å². The van der Waals surface area contributed by atoms with Crippen molar-refractivity contribution in [1.82, 2.24) is 9.88 Å². The number of hydrogen-bond donors (Lipinski definition) is 1. The van der Waals surface area contributed by atoms with E-state index in [2.05, 4.69) is 18.0 Å². The summed E-state index contributed by atoms with van der Waals surface area (Å²) < 4.78 is 0. The molecule has 1 N–H and O–H groups in total. The quantitative estimate of drug-likeness (QED) is 0.946. The first kappa shape index (κ1) is 15.0. The fraction of sp³-hybridized carbons (Fsp3) is 0.444. The summed E-state index contributed by atoms with van der Waals surface area (Å²) in [4.78, 5) is 19.1. The molecule has 0 saturated carbocycles. The zero-order valence-corrected chi connectivity index (χ0v) is 13.2. The third kappa shape index (κ3) is 2.59. The molecule has 1 aliphatic rings. The molecule has 1 saturated heterocycles. The number of aryl methyl sites for hydroxylation is 2. The summed E-state index contributed by atoms with van der Waals surface area (Å²) in [5, 5.41) is 10.5. The van der Waals surface area contributed by atoms with E-state index in [4.69, 9.17) is 0 Å². The van der Waals surface area contributed by atoms with Gasteiger partial charge in [0.25, 0.3) is 0 Å². The van der Waals surface area contributed by atoms with Crippen LogP contribution in [0.4, 0.5) is 0 Å². The summed E-state index contributed by atoms with van der Waals surface area (Å²) in [5.41, 5.74) is 4.05. The number of nitrogens with zero attached hydrogens (tertiary/aromatic N) is 2. The topological polar surface area (TPSA) is 53.4 Å². The first-order valence-electron chi connectivity index (χ1n) is 7.87. The van der Waals surface area contributed by atoms with Crippen molar-refractivity contribution in [3.8, 4) is 0 Å². The molecule has 0 bridgehead atoms. The van der Waals surface area contributed by atoms with Crippen molar-refractivity contribution in [2.75, 3.05) is 13.2 Å². The van der Waals surface area contributed by atoms with Crippen molar-refractivity contribution >= 4 is 16.8 Å². The van der Waals surface area contributed by atoms with Gasteiger partial charge in [0.05, 0.1) is 24.6 Å². The SMILES string of the molecule is Cc1nc2ccccc2c(C)c1CC(=O)N1CCC[C@@H]1CO. The van der Waals surface area contributed by atoms with Crippen LogP contribution in [0.15, 0.2) is 24.3 Å². The highest BCUT2D eigenvalue weighted by atomic mass is 16.3. The second-order valence-electron chi connectivity index (χ2n) is 6.06. The lowest BCUT2D eigenvalue weighted by molar-refractivity contribution is -0.132. The average Bonchev–Trinajstić information content (AvgIpc) is 3.00. The van der Waals surface area contributed by atoms with Gasteiger partial charge in [0.2, 0.25) is 5.91 Å². The Balaban J connectivity index is 1.92. The molecular formula is C18H22N2O2. The molecule has 1 aromatic carbocycles. The Morgan fingerprint density at radius 1 is 1.36 bits per heavy atom. The van der Waals surface area contributed by atoms with E-state index in [1.165, 1.54) is 0 Å². The Labute approximate surface area is 130 Å². The standard InChI is InChI=1S/C18H22N2O2/c1-12-15-7-3-4-8-17(15)19-13(2)16(12)10-18(22)20-9-5-6-14(20)11-21/h3-4,7-8,14,21H,5-6,9-11H2,1-2H3/t14-/m1/s1. The molecule has 22 heavy (non-hydrogen) atoms. The Morgan fingerprint density at radius 2 is 2.14 bits per heavy atom. The number of aliphatic hydroxyl groups is 1. The monoisotopic (exact) mass is 298 g/mol. The Kier molecular flexibility index (Phi) is 4.12. The van der Waals surface area contributed by atoms with Gasteiger partial charge in [0.1, 0.15) is 0 Å². The molecule has 1 aromatic heterocycles. The Bertz CT molecular complexity index is 712. The minimum absolute atomic E-state index is 0.0125. The van der Waals surface area contributed by atoms with E-state index >= 15 is 0 Å². The number of benzene rings is 1. The van der Waals surface area contributed by atoms with E-state index in [9.17, 15) is 9.90 Å². The number of fused-ring (bicyclic) bond motifs is 1. The lowest BCUT2D eigenvalue weighted by Crippen LogP contribution is -2.38. The maximum Gasteiger partial charge on any atom is 0.227 e. The maximum absolute atomic E-state index is 12.6. The molecule has 4 heteroatoms. The average molecular weight is 298 g/mol. The molecule has 4 nitrogen and oxygen atoms in total. The maximum atomic E-state index is 12.6. The number of rotatable bonds is 3. The lowest BCUT2D eigenvalue weighted by atomic mass is 9.99. The van der Waals surface area contributed by atoms with Gasteiger partial charge < -0.3 is 10.0 Å². The van der Waals surface area contributed by atoms with Gasteiger partial charge in [0.15, 0.2) is 0 Å². The molecule has 3 rings (SSSR count). The molecule has 0 aliphatic carbocycles. The van der Waals surface area contributed by atoms with Gasteiger partial charge in [0, 0.05) is 17.6 Å². The van der Waals surface area contributed by atoms with Gasteiger partial charge >= 0.3 is 0 Å². The van der Waals surface area contributed by atoms with Crippen molar-refractivity contribution in [3.63, 3.8) is 0 Å². The summed E-state index contributed by atoms with van der Waals surface area (Å²) in [7, 11) is 0. The number of aromatic nitrogens is 1. The predicted octanol–water partition coefficient (Wildman–Crippen LogP) is 2.38. The van der Waals surface area contributed by atoms with Crippen molar-refractivity contribution in [2.24, 2.45) is 0 Å². The van der Waals surface area contributed by atoms with Crippen LogP contribution in [0.3, 0.4) is 0 Å². The fourth-order valence-electron chi connectivity index (χ4n) is 3.44. The highest BCUT2D eigenvalue weighted by Crippen LogP contribution is 2.25. The molecule has 1 amide bonds. The second kappa shape index (κ2) is 6.05. The summed E-state index contributed by atoms with van der Waals surface area (Å²) in [6.07, 6.45) is 2.24. The van der Waals surface area contributed by atoms with E-state index in [1.807, 2.05) is 30.0 Å². The van der Waals surface area contributed by atoms with E-state index in [-0.39, 0.29) is 18.6 Å². The minimum atomic E-state index is -0.0125. The van der Waals surface area contributed by atoms with Crippen molar-refractivity contribution < 1.29 is 9.90 Å². The number of carbonyl (C=O) groups excluding carboxylic acids is 1. The third-order valence-corrected chi connectivity index (χ3v) is 4.72. The first-order chi connectivity index (χ1) is 10.6. The molecule has 1 aliphatic heterocycles. The molecule has 2 heterocycles. The van der Waals surface area contributed by atoms with Crippen LogP contribution in [0.5, 0.6) is 0 Å². The number of aliphatic hydroxyl groups excluding tert-OH is 1. The van der Waals surface area contributed by atoms with Crippen LogP contribution in [-0.2, 0) is 11.2 Å². The minimum Gasteiger partial charge on any atom is -0.394 e. The predicted molar refractivity (Wildman–Crippen MR) is 86.7 cm³/mol. The molecule has 116 valence electrons. The van der Waals surface area contributed by atoms with Gasteiger partial charge in [-0.25, -0.2) is 0 Å². The van der Waals surface area contributed by atoms with E-state index in [1.54, 1.807) is 0 Å². The van der Waals surface area contributed by atoms with Gasteiger partial charge in [-0.05, 0) is 43.9 Å². The second-order valence-corrected chi connectivity index (χ2v) is 6.06. The number of para-hydroxylation sites is 1. The van der Waals surface area contributed by atoms with Gasteiger partial charge in [-0.2, -0.15) is 0 Å². The largest absolute Gasteiger partial charge is 0.394 e. The number of carbonyl (C=O) groups is 1. The van der Waals surface area contributed by atoms with Crippen LogP contribution in [-0.4, -0.2) is 40.1 Å². The van der Waals surface area contributed by atoms with Crippen LogP contribution in [0, 0.1) is 13.8 Å². The molecule has 0 spiro atoms. The smallest absolute Gasteiger partial charge is 0.227 e. The molecular weight excluding hydrogens is 276 g/mol. The Hall–Kier alpha value is -1.94. The fourth-order valence-corrected chi connectivity index (χ4v) is 3.44. The normalized spacial score (nSPS) is 18.1. The molecule has 0 unspecified atom stereocenters. The lowest BCUT2D eigenvalue weighted by Gasteiger charge is -2.24. The molecule has 1 atom stereocenters. The number of pyridine rings is 1. The van der Waals surface area contributed by atoms with E-state index < -0.39 is 0 Å². The van der Waals surface area contributed by atoms with Crippen LogP contribution >= 0.6 is 0 Å². The van der Waals surface area contributed by atoms with Crippen molar-refractivity contribution in [1.29, 1.82) is 0 Å². The Morgan fingerprint density at radius 3 is 2.91 bits per heavy atom. The van der Waals surface area contributed by atoms with E-state index in [0.29, 0.717) is 6.42 Å². The van der Waals surface area contributed by atoms with Crippen LogP contribution in [0.25, 0.3) is 10.9 Å². The third-order valence-electron chi connectivity index (χ3n) is 4.72. The zero-order valence-electron chi connectivity index (χ0n) is 13.2. The molecule has 1 fully saturated rings. The molecule has 2 aromatic rings. The van der Waals surface area contributed by atoms with Gasteiger partial charge in [-0.1, -0.05) is 18.2 Å². The van der Waals surface area contributed by atoms with Crippen LogP contribution in [0.1, 0.15) is 29.7 Å². The van der Waals surface area contributed by atoms with Crippen LogP contribution < -0.4 is 0 Å². The first-order valence-corrected chi connectivity index (χ1v) is 7.87. The summed E-state index contributed by atoms with van der Waals surface area (Å²) in [5.74, 6) is 0.0971. The van der Waals surface area contributed by atoms with Gasteiger partial charge in [-0.15, -0.1) is 0 Å². The summed E-state index contributed by atoms with van der Waals surface area (Å²) in [6.45, 7) is 4.84. The summed E-state index contributed by atoms with van der Waals surface area (Å²) >= 11 is 0. The highest BCUT2D eigenvalue weighted by molar-refractivity contribution is 5.86. The zero-order chi connectivity index (χ0) is 15.7.